The van der Waals surface area contributed by atoms with E-state index >= 15 is 0 Å². The highest BCUT2D eigenvalue weighted by Gasteiger charge is 2.17. The number of hydrogen-bond acceptors (Lipinski definition) is 5. The Balaban J connectivity index is 2.48. The van der Waals surface area contributed by atoms with Gasteiger partial charge in [0.1, 0.15) is 0 Å². The summed E-state index contributed by atoms with van der Waals surface area (Å²) in [6.45, 7) is 3.55. The lowest BCUT2D eigenvalue weighted by molar-refractivity contribution is 0.390. The molecular formula is C8H15N3O3S. The van der Waals surface area contributed by atoms with Crippen molar-refractivity contribution in [3.8, 4) is 0 Å². The van der Waals surface area contributed by atoms with Gasteiger partial charge in [0, 0.05) is 6.92 Å². The molecular weight excluding hydrogens is 218 g/mol. The Bertz CT molecular complexity index is 342. The first-order chi connectivity index (χ1) is 6.99. The van der Waals surface area contributed by atoms with Crippen LogP contribution >= 0.6 is 0 Å². The smallest absolute Gasteiger partial charge is 0.233 e. The van der Waals surface area contributed by atoms with Crippen molar-refractivity contribution >= 4 is 11.1 Å². The highest BCUT2D eigenvalue weighted by Crippen LogP contribution is 2.18. The second-order valence-corrected chi connectivity index (χ2v) is 4.57. The molecule has 0 amide bonds. The van der Waals surface area contributed by atoms with Gasteiger partial charge in [0.2, 0.25) is 11.8 Å². The van der Waals surface area contributed by atoms with Gasteiger partial charge in [-0.1, -0.05) is 6.92 Å². The Labute approximate surface area is 90.5 Å². The molecule has 1 aromatic rings. The molecule has 6 nitrogen and oxygen atoms in total. The van der Waals surface area contributed by atoms with Crippen LogP contribution in [0.5, 0.6) is 0 Å². The number of rotatable bonds is 5. The third-order valence-corrected chi connectivity index (χ3v) is 2.80. The number of aryl methyl sites for hydroxylation is 1. The predicted octanol–water partition coefficient (Wildman–Crippen LogP) is 0.626. The van der Waals surface area contributed by atoms with Crippen molar-refractivity contribution in [2.24, 2.45) is 11.7 Å². The summed E-state index contributed by atoms with van der Waals surface area (Å²) in [6.07, 6.45) is 0.550. The van der Waals surface area contributed by atoms with E-state index in [1.807, 2.05) is 6.92 Å². The van der Waals surface area contributed by atoms with Crippen molar-refractivity contribution in [1.82, 2.24) is 10.2 Å². The summed E-state index contributed by atoms with van der Waals surface area (Å²) in [5, 5.41) is 7.47. The molecule has 0 aliphatic carbocycles. The lowest BCUT2D eigenvalue weighted by Crippen LogP contribution is -2.17. The molecule has 3 unspecified atom stereocenters. The first-order valence-electron chi connectivity index (χ1n) is 4.62. The second kappa shape index (κ2) is 5.34. The molecule has 0 radical (unpaired) electrons. The van der Waals surface area contributed by atoms with Gasteiger partial charge < -0.3 is 14.7 Å². The maximum Gasteiger partial charge on any atom is 0.233 e. The Morgan fingerprint density at radius 3 is 2.73 bits per heavy atom. The molecule has 0 aromatic carbocycles. The van der Waals surface area contributed by atoms with Crippen LogP contribution in [0.15, 0.2) is 4.42 Å². The SMILES string of the molecule is Cc1nnc(C(N)CC(C)CS(=O)O)o1. The van der Waals surface area contributed by atoms with Crippen molar-refractivity contribution < 1.29 is 13.2 Å². The van der Waals surface area contributed by atoms with E-state index in [-0.39, 0.29) is 17.7 Å². The molecule has 0 aliphatic rings. The highest BCUT2D eigenvalue weighted by molar-refractivity contribution is 7.79. The fourth-order valence-electron chi connectivity index (χ4n) is 1.31. The highest BCUT2D eigenvalue weighted by atomic mass is 32.2. The summed E-state index contributed by atoms with van der Waals surface area (Å²) in [5.74, 6) is 1.10. The van der Waals surface area contributed by atoms with E-state index in [9.17, 15) is 4.21 Å². The van der Waals surface area contributed by atoms with Crippen LogP contribution in [-0.2, 0) is 11.1 Å². The maximum atomic E-state index is 10.6. The number of hydrogen-bond donors (Lipinski definition) is 2. The minimum atomic E-state index is -1.79. The molecule has 1 rings (SSSR count). The molecule has 0 spiro atoms. The Kier molecular flexibility index (Phi) is 4.37. The van der Waals surface area contributed by atoms with Gasteiger partial charge in [-0.05, 0) is 12.3 Å². The van der Waals surface area contributed by atoms with E-state index in [4.69, 9.17) is 14.7 Å². The number of nitrogens with two attached hydrogens (primary N) is 1. The Morgan fingerprint density at radius 2 is 2.27 bits per heavy atom. The van der Waals surface area contributed by atoms with E-state index in [0.717, 1.165) is 0 Å². The van der Waals surface area contributed by atoms with E-state index in [1.54, 1.807) is 6.92 Å². The standard InChI is InChI=1S/C8H15N3O3S/c1-5(4-15(12)13)3-7(9)8-11-10-6(2)14-8/h5,7H,3-4,9H2,1-2H3,(H,12,13). The molecule has 3 atom stereocenters. The van der Waals surface area contributed by atoms with Crippen molar-refractivity contribution in [2.75, 3.05) is 5.75 Å². The van der Waals surface area contributed by atoms with E-state index < -0.39 is 11.1 Å². The predicted molar refractivity (Wildman–Crippen MR) is 55.4 cm³/mol. The molecule has 15 heavy (non-hydrogen) atoms. The fraction of sp³-hybridized carbons (Fsp3) is 0.750. The van der Waals surface area contributed by atoms with Gasteiger partial charge in [-0.3, -0.25) is 0 Å². The zero-order chi connectivity index (χ0) is 11.4. The largest absolute Gasteiger partial charge is 0.424 e. The van der Waals surface area contributed by atoms with E-state index in [0.29, 0.717) is 18.2 Å². The van der Waals surface area contributed by atoms with Crippen molar-refractivity contribution in [3.63, 3.8) is 0 Å². The third kappa shape index (κ3) is 4.06. The molecule has 1 heterocycles. The van der Waals surface area contributed by atoms with Crippen molar-refractivity contribution in [2.45, 2.75) is 26.3 Å². The molecule has 0 saturated heterocycles. The van der Waals surface area contributed by atoms with Gasteiger partial charge in [0.05, 0.1) is 11.8 Å². The number of aromatic nitrogens is 2. The molecule has 86 valence electrons. The molecule has 0 aliphatic heterocycles. The summed E-state index contributed by atoms with van der Waals surface area (Å²) < 4.78 is 24.4. The zero-order valence-corrected chi connectivity index (χ0v) is 9.53. The van der Waals surface area contributed by atoms with Crippen LogP contribution in [0.2, 0.25) is 0 Å². The summed E-state index contributed by atoms with van der Waals surface area (Å²) in [6, 6.07) is -0.371. The van der Waals surface area contributed by atoms with Crippen molar-refractivity contribution in [1.29, 1.82) is 0 Å². The minimum Gasteiger partial charge on any atom is -0.424 e. The molecule has 0 fully saturated rings. The van der Waals surface area contributed by atoms with Crippen LogP contribution in [0, 0.1) is 12.8 Å². The average Bonchev–Trinajstić information content (AvgIpc) is 2.49. The molecule has 0 saturated carbocycles. The van der Waals surface area contributed by atoms with Gasteiger partial charge in [-0.15, -0.1) is 10.2 Å². The summed E-state index contributed by atoms with van der Waals surface area (Å²) in [7, 11) is 0. The van der Waals surface area contributed by atoms with Gasteiger partial charge in [-0.2, -0.15) is 0 Å². The van der Waals surface area contributed by atoms with Crippen LogP contribution < -0.4 is 5.73 Å². The quantitative estimate of drug-likeness (QED) is 0.723. The van der Waals surface area contributed by atoms with Crippen molar-refractivity contribution in [3.05, 3.63) is 11.8 Å². The fourth-order valence-corrected chi connectivity index (χ4v) is 1.93. The Morgan fingerprint density at radius 1 is 1.60 bits per heavy atom. The molecule has 3 N–H and O–H groups in total. The topological polar surface area (TPSA) is 102 Å². The average molecular weight is 233 g/mol. The zero-order valence-electron chi connectivity index (χ0n) is 8.71. The van der Waals surface area contributed by atoms with Crippen LogP contribution in [-0.4, -0.2) is 24.7 Å². The second-order valence-electron chi connectivity index (χ2n) is 3.59. The van der Waals surface area contributed by atoms with Gasteiger partial charge >= 0.3 is 0 Å². The molecule has 1 aromatic heterocycles. The van der Waals surface area contributed by atoms with Gasteiger partial charge in [-0.25, -0.2) is 4.21 Å². The summed E-state index contributed by atoms with van der Waals surface area (Å²) in [4.78, 5) is 0. The number of nitrogens with zero attached hydrogens (tertiary/aromatic N) is 2. The normalized spacial score (nSPS) is 17.3. The van der Waals surface area contributed by atoms with Crippen LogP contribution in [0.4, 0.5) is 0 Å². The molecule has 7 heteroatoms. The lowest BCUT2D eigenvalue weighted by Gasteiger charge is -2.12. The lowest BCUT2D eigenvalue weighted by atomic mass is 10.0. The van der Waals surface area contributed by atoms with Crippen LogP contribution in [0.3, 0.4) is 0 Å². The third-order valence-electron chi connectivity index (χ3n) is 1.94. The summed E-state index contributed by atoms with van der Waals surface area (Å²) >= 11 is -1.79. The Hall–Kier alpha value is -0.790. The van der Waals surface area contributed by atoms with E-state index in [2.05, 4.69) is 10.2 Å². The maximum absolute atomic E-state index is 10.6. The van der Waals surface area contributed by atoms with Gasteiger partial charge in [0.15, 0.2) is 11.1 Å². The first-order valence-corrected chi connectivity index (χ1v) is 5.89. The first kappa shape index (κ1) is 12.3. The van der Waals surface area contributed by atoms with Crippen LogP contribution in [0.1, 0.15) is 31.2 Å². The monoisotopic (exact) mass is 233 g/mol. The summed E-state index contributed by atoms with van der Waals surface area (Å²) in [5.41, 5.74) is 5.81. The minimum absolute atomic E-state index is 0.0399. The van der Waals surface area contributed by atoms with E-state index in [1.165, 1.54) is 0 Å². The van der Waals surface area contributed by atoms with Gasteiger partial charge in [0.25, 0.3) is 0 Å². The molecule has 0 bridgehead atoms. The van der Waals surface area contributed by atoms with Crippen LogP contribution in [0.25, 0.3) is 0 Å².